The second-order valence-corrected chi connectivity index (χ2v) is 4.99. The van der Waals surface area contributed by atoms with E-state index in [2.05, 4.69) is 38.0 Å². The topological polar surface area (TPSA) is 15.3 Å². The molecule has 1 rings (SSSR count). The van der Waals surface area contributed by atoms with Crippen LogP contribution >= 0.6 is 0 Å². The first-order chi connectivity index (χ1) is 6.63. The van der Waals surface area contributed by atoms with Gasteiger partial charge in [0.25, 0.3) is 0 Å². The molecule has 0 aromatic heterocycles. The first-order valence-corrected chi connectivity index (χ1v) is 6.08. The number of piperidine rings is 1. The van der Waals surface area contributed by atoms with E-state index in [4.69, 9.17) is 0 Å². The summed E-state index contributed by atoms with van der Waals surface area (Å²) in [6.45, 7) is 9.44. The van der Waals surface area contributed by atoms with Gasteiger partial charge in [0.15, 0.2) is 0 Å². The van der Waals surface area contributed by atoms with E-state index in [1.165, 1.54) is 32.4 Å². The molecule has 0 amide bonds. The van der Waals surface area contributed by atoms with E-state index in [9.17, 15) is 0 Å². The SMILES string of the molecule is CCCC(C)NC1CCN(C)CC1C. The number of rotatable bonds is 4. The molecule has 2 nitrogen and oxygen atoms in total. The molecule has 3 atom stereocenters. The van der Waals surface area contributed by atoms with Gasteiger partial charge >= 0.3 is 0 Å². The van der Waals surface area contributed by atoms with Gasteiger partial charge in [-0.25, -0.2) is 0 Å². The zero-order chi connectivity index (χ0) is 10.6. The molecule has 1 N–H and O–H groups in total. The Balaban J connectivity index is 2.29. The molecule has 3 unspecified atom stereocenters. The summed E-state index contributed by atoms with van der Waals surface area (Å²) in [6.07, 6.45) is 3.90. The van der Waals surface area contributed by atoms with Crippen molar-refractivity contribution in [2.45, 2.75) is 52.1 Å². The third-order valence-corrected chi connectivity index (χ3v) is 3.33. The summed E-state index contributed by atoms with van der Waals surface area (Å²) < 4.78 is 0. The molecule has 1 fully saturated rings. The minimum atomic E-state index is 0.691. The van der Waals surface area contributed by atoms with Crippen LogP contribution in [0, 0.1) is 5.92 Å². The quantitative estimate of drug-likeness (QED) is 0.744. The van der Waals surface area contributed by atoms with Gasteiger partial charge in [0, 0.05) is 18.6 Å². The smallest absolute Gasteiger partial charge is 0.0119 e. The molecule has 0 bridgehead atoms. The van der Waals surface area contributed by atoms with Gasteiger partial charge in [-0.1, -0.05) is 20.3 Å². The van der Waals surface area contributed by atoms with Gasteiger partial charge in [0.05, 0.1) is 0 Å². The molecular weight excluding hydrogens is 172 g/mol. The second-order valence-electron chi connectivity index (χ2n) is 4.99. The lowest BCUT2D eigenvalue weighted by atomic mass is 9.93. The maximum atomic E-state index is 3.76. The Morgan fingerprint density at radius 2 is 2.21 bits per heavy atom. The summed E-state index contributed by atoms with van der Waals surface area (Å²) >= 11 is 0. The van der Waals surface area contributed by atoms with Crippen molar-refractivity contribution < 1.29 is 0 Å². The lowest BCUT2D eigenvalue weighted by Crippen LogP contribution is -2.49. The van der Waals surface area contributed by atoms with Crippen LogP contribution in [0.4, 0.5) is 0 Å². The second kappa shape index (κ2) is 5.72. The van der Waals surface area contributed by atoms with Crippen LogP contribution in [0.1, 0.15) is 40.0 Å². The highest BCUT2D eigenvalue weighted by Gasteiger charge is 2.24. The van der Waals surface area contributed by atoms with Gasteiger partial charge in [-0.05, 0) is 39.3 Å². The lowest BCUT2D eigenvalue weighted by Gasteiger charge is -2.37. The average molecular weight is 198 g/mol. The molecule has 1 saturated heterocycles. The van der Waals surface area contributed by atoms with Crippen molar-refractivity contribution in [1.29, 1.82) is 0 Å². The molecule has 0 spiro atoms. The highest BCUT2D eigenvalue weighted by molar-refractivity contribution is 4.83. The molecule has 1 heterocycles. The van der Waals surface area contributed by atoms with E-state index in [0.717, 1.165) is 12.0 Å². The molecule has 84 valence electrons. The molecule has 1 aliphatic rings. The van der Waals surface area contributed by atoms with Gasteiger partial charge in [-0.15, -0.1) is 0 Å². The summed E-state index contributed by atoms with van der Waals surface area (Å²) in [5.41, 5.74) is 0. The summed E-state index contributed by atoms with van der Waals surface area (Å²) in [5, 5.41) is 3.76. The van der Waals surface area contributed by atoms with Crippen LogP contribution in [-0.2, 0) is 0 Å². The normalized spacial score (nSPS) is 31.7. The van der Waals surface area contributed by atoms with Crippen LogP contribution in [-0.4, -0.2) is 37.1 Å². The monoisotopic (exact) mass is 198 g/mol. The van der Waals surface area contributed by atoms with Gasteiger partial charge in [0.1, 0.15) is 0 Å². The van der Waals surface area contributed by atoms with E-state index < -0.39 is 0 Å². The predicted octanol–water partition coefficient (Wildman–Crippen LogP) is 2.10. The van der Waals surface area contributed by atoms with E-state index in [1.54, 1.807) is 0 Å². The summed E-state index contributed by atoms with van der Waals surface area (Å²) in [5.74, 6) is 0.799. The molecule has 0 aliphatic carbocycles. The fourth-order valence-corrected chi connectivity index (χ4v) is 2.48. The van der Waals surface area contributed by atoms with E-state index in [-0.39, 0.29) is 0 Å². The number of likely N-dealkylation sites (tertiary alicyclic amines) is 1. The lowest BCUT2D eigenvalue weighted by molar-refractivity contribution is 0.166. The largest absolute Gasteiger partial charge is 0.311 e. The number of hydrogen-bond donors (Lipinski definition) is 1. The van der Waals surface area contributed by atoms with Crippen molar-refractivity contribution in [2.75, 3.05) is 20.1 Å². The Morgan fingerprint density at radius 3 is 2.79 bits per heavy atom. The van der Waals surface area contributed by atoms with Crippen LogP contribution in [0.2, 0.25) is 0 Å². The third kappa shape index (κ3) is 3.58. The van der Waals surface area contributed by atoms with Gasteiger partial charge < -0.3 is 10.2 Å². The van der Waals surface area contributed by atoms with Gasteiger partial charge in [-0.3, -0.25) is 0 Å². The van der Waals surface area contributed by atoms with Crippen molar-refractivity contribution in [2.24, 2.45) is 5.92 Å². The maximum absolute atomic E-state index is 3.76. The highest BCUT2D eigenvalue weighted by atomic mass is 15.1. The van der Waals surface area contributed by atoms with Crippen LogP contribution < -0.4 is 5.32 Å². The summed E-state index contributed by atoms with van der Waals surface area (Å²) in [6, 6.07) is 1.43. The Hall–Kier alpha value is -0.0800. The molecule has 2 heteroatoms. The summed E-state index contributed by atoms with van der Waals surface area (Å²) in [4.78, 5) is 2.44. The van der Waals surface area contributed by atoms with Crippen molar-refractivity contribution in [3.63, 3.8) is 0 Å². The van der Waals surface area contributed by atoms with E-state index in [1.807, 2.05) is 0 Å². The molecule has 0 aromatic carbocycles. The molecule has 0 saturated carbocycles. The Morgan fingerprint density at radius 1 is 1.50 bits per heavy atom. The number of nitrogens with one attached hydrogen (secondary N) is 1. The van der Waals surface area contributed by atoms with E-state index in [0.29, 0.717) is 6.04 Å². The van der Waals surface area contributed by atoms with Crippen LogP contribution in [0.15, 0.2) is 0 Å². The first-order valence-electron chi connectivity index (χ1n) is 6.08. The summed E-state index contributed by atoms with van der Waals surface area (Å²) in [7, 11) is 2.22. The number of nitrogens with zero attached hydrogens (tertiary/aromatic N) is 1. The Kier molecular flexibility index (Phi) is 4.90. The molecule has 0 radical (unpaired) electrons. The minimum Gasteiger partial charge on any atom is -0.311 e. The fraction of sp³-hybridized carbons (Fsp3) is 1.00. The standard InChI is InChI=1S/C12H26N2/c1-5-6-11(3)13-12-7-8-14(4)9-10(12)2/h10-13H,5-9H2,1-4H3. The third-order valence-electron chi connectivity index (χ3n) is 3.33. The molecule has 0 aromatic rings. The van der Waals surface area contributed by atoms with Crippen molar-refractivity contribution in [3.8, 4) is 0 Å². The maximum Gasteiger partial charge on any atom is 0.0119 e. The zero-order valence-electron chi connectivity index (χ0n) is 10.2. The fourth-order valence-electron chi connectivity index (χ4n) is 2.48. The van der Waals surface area contributed by atoms with Gasteiger partial charge in [-0.2, -0.15) is 0 Å². The van der Waals surface area contributed by atoms with Crippen LogP contribution in [0.3, 0.4) is 0 Å². The van der Waals surface area contributed by atoms with E-state index >= 15 is 0 Å². The van der Waals surface area contributed by atoms with Crippen molar-refractivity contribution in [1.82, 2.24) is 10.2 Å². The molecule has 14 heavy (non-hydrogen) atoms. The predicted molar refractivity (Wildman–Crippen MR) is 62.6 cm³/mol. The average Bonchev–Trinajstić information content (AvgIpc) is 2.10. The van der Waals surface area contributed by atoms with Gasteiger partial charge in [0.2, 0.25) is 0 Å². The Labute approximate surface area is 89.1 Å². The first kappa shape index (κ1) is 12.0. The van der Waals surface area contributed by atoms with Crippen molar-refractivity contribution >= 4 is 0 Å². The Bertz CT molecular complexity index is 158. The number of hydrogen-bond acceptors (Lipinski definition) is 2. The van der Waals surface area contributed by atoms with Crippen molar-refractivity contribution in [3.05, 3.63) is 0 Å². The molecular formula is C12H26N2. The minimum absolute atomic E-state index is 0.691. The highest BCUT2D eigenvalue weighted by Crippen LogP contribution is 2.16. The zero-order valence-corrected chi connectivity index (χ0v) is 10.2. The van der Waals surface area contributed by atoms with Crippen LogP contribution in [0.25, 0.3) is 0 Å². The van der Waals surface area contributed by atoms with Crippen LogP contribution in [0.5, 0.6) is 0 Å². The molecule has 1 aliphatic heterocycles.